The third-order valence-corrected chi connectivity index (χ3v) is 3.98. The molecule has 104 valence electrons. The summed E-state index contributed by atoms with van der Waals surface area (Å²) in [5.74, 6) is -0.837. The Morgan fingerprint density at radius 3 is 2.44 bits per heavy atom. The molecule has 0 bridgehead atoms. The number of hydrogen-bond acceptors (Lipinski definition) is 3. The van der Waals surface area contributed by atoms with E-state index in [1.807, 2.05) is 0 Å². The molecule has 0 aliphatic carbocycles. The second-order valence-corrected chi connectivity index (χ2v) is 5.57. The van der Waals surface area contributed by atoms with Crippen molar-refractivity contribution in [1.29, 1.82) is 0 Å². The Morgan fingerprint density at radius 2 is 1.89 bits per heavy atom. The minimum atomic E-state index is -1.02. The van der Waals surface area contributed by atoms with E-state index in [0.29, 0.717) is 12.8 Å². The Balaban J connectivity index is 2.37. The van der Waals surface area contributed by atoms with Crippen molar-refractivity contribution < 1.29 is 9.90 Å². The summed E-state index contributed by atoms with van der Waals surface area (Å²) >= 11 is 0. The number of carboxylic acids is 1. The first-order valence-electron chi connectivity index (χ1n) is 7.33. The van der Waals surface area contributed by atoms with Gasteiger partial charge in [-0.2, -0.15) is 0 Å². The zero-order valence-electron chi connectivity index (χ0n) is 11.7. The van der Waals surface area contributed by atoms with Gasteiger partial charge in [-0.15, -0.1) is 0 Å². The Kier molecular flexibility index (Phi) is 6.72. The highest BCUT2D eigenvalue weighted by Crippen LogP contribution is 2.19. The molecule has 4 nitrogen and oxygen atoms in total. The lowest BCUT2D eigenvalue weighted by Crippen LogP contribution is -2.50. The summed E-state index contributed by atoms with van der Waals surface area (Å²) in [4.78, 5) is 13.7. The molecule has 1 rings (SSSR count). The minimum Gasteiger partial charge on any atom is -0.480 e. The number of rotatable bonds is 8. The molecule has 1 unspecified atom stereocenters. The van der Waals surface area contributed by atoms with E-state index in [0.717, 1.165) is 38.8 Å². The molecule has 0 saturated carbocycles. The van der Waals surface area contributed by atoms with E-state index in [4.69, 9.17) is 5.73 Å². The predicted molar refractivity (Wildman–Crippen MR) is 76.7 cm³/mol. The number of nitrogens with two attached hydrogens (primary N) is 1. The van der Waals surface area contributed by atoms with Crippen molar-refractivity contribution in [3.8, 4) is 0 Å². The average molecular weight is 254 g/mol. The van der Waals surface area contributed by atoms with Gasteiger partial charge < -0.3 is 15.7 Å². The third-order valence-electron chi connectivity index (χ3n) is 3.98. The van der Waals surface area contributed by atoms with Gasteiger partial charge in [0, 0.05) is 6.54 Å². The van der Waals surface area contributed by atoms with Gasteiger partial charge in [0.2, 0.25) is 0 Å². The van der Waals surface area contributed by atoms with Crippen LogP contribution in [-0.2, 0) is 4.79 Å². The maximum atomic E-state index is 11.3. The maximum Gasteiger partial charge on any atom is 0.323 e. The van der Waals surface area contributed by atoms with Crippen molar-refractivity contribution >= 4 is 13.8 Å². The molecule has 0 aromatic carbocycles. The summed E-state index contributed by atoms with van der Waals surface area (Å²) in [7, 11) is 2.12. The second-order valence-electron chi connectivity index (χ2n) is 5.57. The van der Waals surface area contributed by atoms with Gasteiger partial charge in [-0.3, -0.25) is 4.79 Å². The fraction of sp³-hybridized carbons (Fsp3) is 0.923. The normalized spacial score (nSPS) is 20.5. The number of likely N-dealkylation sites (tertiary alicyclic amines) is 1. The monoisotopic (exact) mass is 254 g/mol. The van der Waals surface area contributed by atoms with Gasteiger partial charge in [0.15, 0.2) is 0 Å². The van der Waals surface area contributed by atoms with Crippen LogP contribution in [0.15, 0.2) is 0 Å². The fourth-order valence-electron chi connectivity index (χ4n) is 2.57. The summed E-state index contributed by atoms with van der Waals surface area (Å²) in [5, 5.41) is 9.32. The van der Waals surface area contributed by atoms with Crippen LogP contribution in [0.4, 0.5) is 0 Å². The molecule has 1 aliphatic rings. The topological polar surface area (TPSA) is 66.6 Å². The smallest absolute Gasteiger partial charge is 0.323 e. The molecular formula is C13H27BN2O2. The molecule has 5 heteroatoms. The van der Waals surface area contributed by atoms with Crippen LogP contribution in [0.1, 0.15) is 44.9 Å². The molecule has 0 amide bonds. The molecule has 1 atom stereocenters. The van der Waals surface area contributed by atoms with Crippen molar-refractivity contribution in [2.75, 3.05) is 19.6 Å². The van der Waals surface area contributed by atoms with Gasteiger partial charge in [-0.05, 0) is 38.8 Å². The summed E-state index contributed by atoms with van der Waals surface area (Å²) in [5.41, 5.74) is 5.05. The first-order valence-corrected chi connectivity index (χ1v) is 7.33. The maximum absolute atomic E-state index is 11.3. The summed E-state index contributed by atoms with van der Waals surface area (Å²) in [6.07, 6.45) is 8.04. The molecule has 1 saturated heterocycles. The standard InChI is InChI=1S/C13H27BN2O2/c14-8-3-2-6-13(15,12(17)18)7-11-16-9-4-1-5-10-16/h1-11,14-15H2,(H,17,18). The van der Waals surface area contributed by atoms with E-state index in [9.17, 15) is 9.90 Å². The molecule has 0 aromatic rings. The largest absolute Gasteiger partial charge is 0.480 e. The number of unbranched alkanes of at least 4 members (excludes halogenated alkanes) is 1. The quantitative estimate of drug-likeness (QED) is 0.498. The van der Waals surface area contributed by atoms with Gasteiger partial charge in [-0.1, -0.05) is 25.6 Å². The lowest BCUT2D eigenvalue weighted by Gasteiger charge is -2.31. The predicted octanol–water partition coefficient (Wildman–Crippen LogP) is 0.866. The molecular weight excluding hydrogens is 227 g/mol. The van der Waals surface area contributed by atoms with E-state index in [-0.39, 0.29) is 0 Å². The molecule has 1 heterocycles. The first kappa shape index (κ1) is 15.5. The van der Waals surface area contributed by atoms with E-state index in [1.54, 1.807) is 0 Å². The lowest BCUT2D eigenvalue weighted by molar-refractivity contribution is -0.144. The first-order chi connectivity index (χ1) is 8.58. The number of nitrogens with zero attached hydrogens (tertiary/aromatic N) is 1. The molecule has 1 fully saturated rings. The molecule has 0 spiro atoms. The highest BCUT2D eigenvalue weighted by Gasteiger charge is 2.33. The van der Waals surface area contributed by atoms with Crippen molar-refractivity contribution in [2.24, 2.45) is 5.73 Å². The van der Waals surface area contributed by atoms with Crippen LogP contribution < -0.4 is 5.73 Å². The Bertz CT molecular complexity index is 257. The van der Waals surface area contributed by atoms with E-state index < -0.39 is 11.5 Å². The number of aliphatic carboxylic acids is 1. The van der Waals surface area contributed by atoms with E-state index in [2.05, 4.69) is 12.7 Å². The minimum absolute atomic E-state index is 0.575. The van der Waals surface area contributed by atoms with E-state index >= 15 is 0 Å². The van der Waals surface area contributed by atoms with Gasteiger partial charge in [-0.25, -0.2) is 0 Å². The van der Waals surface area contributed by atoms with Gasteiger partial charge in [0.05, 0.1) is 0 Å². The average Bonchev–Trinajstić information content (AvgIpc) is 2.38. The van der Waals surface area contributed by atoms with Crippen LogP contribution >= 0.6 is 0 Å². The fourth-order valence-corrected chi connectivity index (χ4v) is 2.57. The Labute approximate surface area is 111 Å². The third kappa shape index (κ3) is 4.98. The summed E-state index contributed by atoms with van der Waals surface area (Å²) < 4.78 is 0. The van der Waals surface area contributed by atoms with Crippen LogP contribution in [0.25, 0.3) is 0 Å². The highest BCUT2D eigenvalue weighted by atomic mass is 16.4. The van der Waals surface area contributed by atoms with Crippen molar-refractivity contribution in [3.63, 3.8) is 0 Å². The number of piperidine rings is 1. The molecule has 0 radical (unpaired) electrons. The van der Waals surface area contributed by atoms with Gasteiger partial charge in [0.25, 0.3) is 0 Å². The zero-order chi connectivity index (χ0) is 13.4. The zero-order valence-corrected chi connectivity index (χ0v) is 11.7. The Morgan fingerprint density at radius 1 is 1.22 bits per heavy atom. The van der Waals surface area contributed by atoms with Crippen LogP contribution in [0.2, 0.25) is 6.32 Å². The summed E-state index contributed by atoms with van der Waals surface area (Å²) in [6.45, 7) is 3.03. The number of hydrogen-bond donors (Lipinski definition) is 2. The van der Waals surface area contributed by atoms with Crippen LogP contribution in [0.5, 0.6) is 0 Å². The molecule has 3 N–H and O–H groups in total. The number of carbonyl (C=O) groups is 1. The van der Waals surface area contributed by atoms with Crippen molar-refractivity contribution in [3.05, 3.63) is 0 Å². The van der Waals surface area contributed by atoms with Crippen molar-refractivity contribution in [2.45, 2.75) is 56.8 Å². The SMILES string of the molecule is BCCCCC(N)(CCN1CCCCC1)C(=O)O. The number of carboxylic acid groups (broad SMARTS) is 1. The van der Waals surface area contributed by atoms with Crippen LogP contribution in [-0.4, -0.2) is 49.0 Å². The Hall–Kier alpha value is -0.545. The molecule has 18 heavy (non-hydrogen) atoms. The van der Waals surface area contributed by atoms with E-state index in [1.165, 1.54) is 19.3 Å². The van der Waals surface area contributed by atoms with Crippen LogP contribution in [0, 0.1) is 0 Å². The lowest BCUT2D eigenvalue weighted by atomic mass is 9.87. The second kappa shape index (κ2) is 7.79. The van der Waals surface area contributed by atoms with Gasteiger partial charge >= 0.3 is 5.97 Å². The van der Waals surface area contributed by atoms with Crippen molar-refractivity contribution in [1.82, 2.24) is 4.90 Å². The highest BCUT2D eigenvalue weighted by molar-refractivity contribution is 6.08. The van der Waals surface area contributed by atoms with Crippen LogP contribution in [0.3, 0.4) is 0 Å². The summed E-state index contributed by atoms with van der Waals surface area (Å²) in [6, 6.07) is 0. The molecule has 1 aliphatic heterocycles. The molecule has 0 aromatic heterocycles. The van der Waals surface area contributed by atoms with Gasteiger partial charge in [0.1, 0.15) is 13.4 Å².